The van der Waals surface area contributed by atoms with Crippen LogP contribution in [-0.4, -0.2) is 48.5 Å². The molecular weight excluding hydrogens is 406 g/mol. The van der Waals surface area contributed by atoms with Crippen LogP contribution in [0.3, 0.4) is 0 Å². The number of amides is 3. The second-order valence-electron chi connectivity index (χ2n) is 8.40. The Labute approximate surface area is 192 Å². The number of urea groups is 1. The molecule has 0 saturated carbocycles. The lowest BCUT2D eigenvalue weighted by atomic mass is 10.1. The van der Waals surface area contributed by atoms with Gasteiger partial charge in [-0.2, -0.15) is 0 Å². The number of para-hydroxylation sites is 1. The molecule has 1 aromatic rings. The van der Waals surface area contributed by atoms with Crippen LogP contribution in [-0.2, 0) is 14.3 Å². The van der Waals surface area contributed by atoms with Crippen molar-refractivity contribution in [2.45, 2.75) is 83.6 Å². The van der Waals surface area contributed by atoms with Gasteiger partial charge in [0.05, 0.1) is 13.0 Å². The van der Waals surface area contributed by atoms with Gasteiger partial charge in [-0.1, -0.05) is 82.9 Å². The third kappa shape index (κ3) is 9.71. The van der Waals surface area contributed by atoms with Gasteiger partial charge in [-0.3, -0.25) is 9.59 Å². The number of unbranched alkanes of at least 4 members (excludes halogenated alkanes) is 9. The van der Waals surface area contributed by atoms with E-state index in [2.05, 4.69) is 17.6 Å². The summed E-state index contributed by atoms with van der Waals surface area (Å²) in [6.45, 7) is 3.31. The third-order valence-corrected chi connectivity index (χ3v) is 5.74. The molecule has 1 heterocycles. The number of nitrogens with one attached hydrogen (secondary N) is 2. The highest BCUT2D eigenvalue weighted by atomic mass is 16.5. The number of piperazine rings is 1. The van der Waals surface area contributed by atoms with Crippen molar-refractivity contribution in [1.82, 2.24) is 10.2 Å². The summed E-state index contributed by atoms with van der Waals surface area (Å²) < 4.78 is 5.33. The molecule has 0 bridgehead atoms. The van der Waals surface area contributed by atoms with Crippen molar-refractivity contribution in [2.75, 3.05) is 25.0 Å². The zero-order valence-corrected chi connectivity index (χ0v) is 19.4. The van der Waals surface area contributed by atoms with Crippen molar-refractivity contribution in [1.29, 1.82) is 0 Å². The van der Waals surface area contributed by atoms with Crippen molar-refractivity contribution < 1.29 is 19.1 Å². The fraction of sp³-hybridized carbons (Fsp3) is 0.640. The van der Waals surface area contributed by atoms with E-state index in [1.807, 2.05) is 18.2 Å². The molecular formula is C25H39N3O4. The Bertz CT molecular complexity index is 696. The van der Waals surface area contributed by atoms with Crippen molar-refractivity contribution in [3.8, 4) is 0 Å². The normalized spacial score (nSPS) is 15.8. The molecule has 178 valence electrons. The highest BCUT2D eigenvalue weighted by molar-refractivity contribution is 5.96. The quantitative estimate of drug-likeness (QED) is 0.316. The third-order valence-electron chi connectivity index (χ3n) is 5.74. The van der Waals surface area contributed by atoms with Crippen LogP contribution in [0.25, 0.3) is 0 Å². The van der Waals surface area contributed by atoms with Gasteiger partial charge in [-0.05, 0) is 18.6 Å². The fourth-order valence-electron chi connectivity index (χ4n) is 3.87. The molecule has 0 radical (unpaired) electrons. The highest BCUT2D eigenvalue weighted by Crippen LogP contribution is 2.14. The molecule has 7 heteroatoms. The summed E-state index contributed by atoms with van der Waals surface area (Å²) in [5.41, 5.74) is 0.644. The molecule has 0 spiro atoms. The van der Waals surface area contributed by atoms with Crippen LogP contribution in [0.2, 0.25) is 0 Å². The summed E-state index contributed by atoms with van der Waals surface area (Å²) in [5, 5.41) is 5.51. The van der Waals surface area contributed by atoms with E-state index in [1.165, 1.54) is 49.8 Å². The number of anilines is 1. The monoisotopic (exact) mass is 445 g/mol. The van der Waals surface area contributed by atoms with Crippen LogP contribution < -0.4 is 10.6 Å². The standard InChI is InChI=1S/C25H39N3O4/c1-2-3-4-5-6-7-8-9-10-14-19-32-23(29)20-22-24(30)26-17-18-28(22)25(31)27-21-15-12-11-13-16-21/h11-13,15-16,22H,2-10,14,17-20H2,1H3,(H,26,30)(H,27,31). The predicted octanol–water partition coefficient (Wildman–Crippen LogP) is 4.87. The van der Waals surface area contributed by atoms with Gasteiger partial charge in [0.25, 0.3) is 0 Å². The average molecular weight is 446 g/mol. The minimum Gasteiger partial charge on any atom is -0.466 e. The van der Waals surface area contributed by atoms with Gasteiger partial charge in [0.2, 0.25) is 5.91 Å². The smallest absolute Gasteiger partial charge is 0.322 e. The van der Waals surface area contributed by atoms with Gasteiger partial charge < -0.3 is 20.3 Å². The number of ether oxygens (including phenoxy) is 1. The first kappa shape index (κ1) is 25.7. The van der Waals surface area contributed by atoms with E-state index in [-0.39, 0.29) is 12.3 Å². The van der Waals surface area contributed by atoms with Gasteiger partial charge in [0, 0.05) is 18.8 Å². The molecule has 1 aliphatic heterocycles. The Kier molecular flexibility index (Phi) is 12.3. The van der Waals surface area contributed by atoms with Crippen LogP contribution in [0.4, 0.5) is 10.5 Å². The summed E-state index contributed by atoms with van der Waals surface area (Å²) in [6.07, 6.45) is 12.0. The SMILES string of the molecule is CCCCCCCCCCCCOC(=O)CC1C(=O)NCCN1C(=O)Nc1ccccc1. The molecule has 32 heavy (non-hydrogen) atoms. The molecule has 0 aromatic heterocycles. The number of carbonyl (C=O) groups is 3. The van der Waals surface area contributed by atoms with Gasteiger partial charge in [0.15, 0.2) is 0 Å². The van der Waals surface area contributed by atoms with Gasteiger partial charge in [-0.25, -0.2) is 4.79 Å². The molecule has 1 aromatic carbocycles. The first-order valence-electron chi connectivity index (χ1n) is 12.2. The lowest BCUT2D eigenvalue weighted by Crippen LogP contribution is -2.58. The van der Waals surface area contributed by atoms with Gasteiger partial charge >= 0.3 is 12.0 Å². The van der Waals surface area contributed by atoms with E-state index in [0.717, 1.165) is 19.3 Å². The van der Waals surface area contributed by atoms with Crippen molar-refractivity contribution in [3.63, 3.8) is 0 Å². The Morgan fingerprint density at radius 2 is 1.62 bits per heavy atom. The zero-order valence-electron chi connectivity index (χ0n) is 19.4. The number of benzene rings is 1. The van der Waals surface area contributed by atoms with E-state index < -0.39 is 18.0 Å². The lowest BCUT2D eigenvalue weighted by molar-refractivity contribution is -0.147. The van der Waals surface area contributed by atoms with Crippen LogP contribution in [0.1, 0.15) is 77.6 Å². The molecule has 1 fully saturated rings. The molecule has 1 unspecified atom stereocenters. The minimum atomic E-state index is -0.854. The summed E-state index contributed by atoms with van der Waals surface area (Å²) in [4.78, 5) is 38.7. The van der Waals surface area contributed by atoms with E-state index in [0.29, 0.717) is 25.4 Å². The summed E-state index contributed by atoms with van der Waals surface area (Å²) in [7, 11) is 0. The van der Waals surface area contributed by atoms with Crippen molar-refractivity contribution >= 4 is 23.6 Å². The molecule has 2 N–H and O–H groups in total. The predicted molar refractivity (Wildman–Crippen MR) is 126 cm³/mol. The van der Waals surface area contributed by atoms with Crippen LogP contribution in [0.5, 0.6) is 0 Å². The molecule has 2 rings (SSSR count). The Balaban J connectivity index is 1.64. The molecule has 1 saturated heterocycles. The van der Waals surface area contributed by atoms with Crippen LogP contribution in [0.15, 0.2) is 30.3 Å². The summed E-state index contributed by atoms with van der Waals surface area (Å²) in [5.74, 6) is -0.768. The highest BCUT2D eigenvalue weighted by Gasteiger charge is 2.35. The number of rotatable bonds is 14. The van der Waals surface area contributed by atoms with E-state index in [4.69, 9.17) is 4.74 Å². The zero-order chi connectivity index (χ0) is 23.0. The van der Waals surface area contributed by atoms with Crippen molar-refractivity contribution in [2.24, 2.45) is 0 Å². The maximum atomic E-state index is 12.6. The lowest BCUT2D eigenvalue weighted by Gasteiger charge is -2.34. The molecule has 1 atom stereocenters. The summed E-state index contributed by atoms with van der Waals surface area (Å²) in [6, 6.07) is 7.81. The molecule has 7 nitrogen and oxygen atoms in total. The number of hydrogen-bond acceptors (Lipinski definition) is 4. The first-order valence-corrected chi connectivity index (χ1v) is 12.2. The Morgan fingerprint density at radius 3 is 2.28 bits per heavy atom. The number of esters is 1. The maximum absolute atomic E-state index is 12.6. The molecule has 0 aliphatic carbocycles. The second kappa shape index (κ2) is 15.3. The van der Waals surface area contributed by atoms with E-state index >= 15 is 0 Å². The number of carbonyl (C=O) groups excluding carboxylic acids is 3. The van der Waals surface area contributed by atoms with Gasteiger partial charge in [-0.15, -0.1) is 0 Å². The molecule has 3 amide bonds. The van der Waals surface area contributed by atoms with E-state index in [9.17, 15) is 14.4 Å². The Hall–Kier alpha value is -2.57. The first-order chi connectivity index (χ1) is 15.6. The number of nitrogens with zero attached hydrogens (tertiary/aromatic N) is 1. The minimum absolute atomic E-state index is 0.133. The maximum Gasteiger partial charge on any atom is 0.322 e. The molecule has 1 aliphatic rings. The Morgan fingerprint density at radius 1 is 1.00 bits per heavy atom. The van der Waals surface area contributed by atoms with Crippen LogP contribution >= 0.6 is 0 Å². The van der Waals surface area contributed by atoms with E-state index in [1.54, 1.807) is 12.1 Å². The topological polar surface area (TPSA) is 87.7 Å². The second-order valence-corrected chi connectivity index (χ2v) is 8.40. The summed E-state index contributed by atoms with van der Waals surface area (Å²) >= 11 is 0. The average Bonchev–Trinajstić information content (AvgIpc) is 2.79. The largest absolute Gasteiger partial charge is 0.466 e. The fourth-order valence-corrected chi connectivity index (χ4v) is 3.87. The van der Waals surface area contributed by atoms with Crippen LogP contribution in [0, 0.1) is 0 Å². The van der Waals surface area contributed by atoms with Gasteiger partial charge in [0.1, 0.15) is 6.04 Å². The number of hydrogen-bond donors (Lipinski definition) is 2. The van der Waals surface area contributed by atoms with Crippen molar-refractivity contribution in [3.05, 3.63) is 30.3 Å².